The van der Waals surface area contributed by atoms with Crippen LogP contribution in [0.25, 0.3) is 0 Å². The second kappa shape index (κ2) is 9.70. The number of hydrogen-bond donors (Lipinski definition) is 2. The molecular weight excluding hydrogens is 440 g/mol. The molecule has 0 unspecified atom stereocenters. The minimum atomic E-state index is -0.478. The third-order valence-corrected chi connectivity index (χ3v) is 6.61. The van der Waals surface area contributed by atoms with Gasteiger partial charge in [-0.25, -0.2) is 0 Å². The van der Waals surface area contributed by atoms with E-state index < -0.39 is 6.04 Å². The fraction of sp³-hybridized carbons (Fsp3) is 0.286. The minimum absolute atomic E-state index is 0.0872. The molecule has 2 aliphatic rings. The lowest BCUT2D eigenvalue weighted by Crippen LogP contribution is -2.41. The molecule has 1 aliphatic carbocycles. The molecule has 35 heavy (non-hydrogen) atoms. The Morgan fingerprint density at radius 3 is 2.63 bits per heavy atom. The summed E-state index contributed by atoms with van der Waals surface area (Å²) in [4.78, 5) is 30.4. The number of nitrogens with one attached hydrogen (secondary N) is 2. The molecule has 0 saturated heterocycles. The number of Topliss-reactive ketones (excluding diaryl/α,β-unsaturated/α-hetero) is 1. The van der Waals surface area contributed by atoms with Gasteiger partial charge in [0.05, 0.1) is 24.2 Å². The van der Waals surface area contributed by atoms with E-state index in [4.69, 9.17) is 4.42 Å². The highest BCUT2D eigenvalue weighted by Gasteiger charge is 2.38. The van der Waals surface area contributed by atoms with Gasteiger partial charge in [0.2, 0.25) is 5.91 Å². The van der Waals surface area contributed by atoms with E-state index in [-0.39, 0.29) is 18.2 Å². The summed E-state index contributed by atoms with van der Waals surface area (Å²) >= 11 is 0. The van der Waals surface area contributed by atoms with Crippen molar-refractivity contribution >= 4 is 28.8 Å². The van der Waals surface area contributed by atoms with Gasteiger partial charge >= 0.3 is 0 Å². The van der Waals surface area contributed by atoms with Crippen molar-refractivity contribution in [1.29, 1.82) is 0 Å². The number of furan rings is 1. The Bertz CT molecular complexity index is 1250. The second-order valence-electron chi connectivity index (χ2n) is 9.19. The highest BCUT2D eigenvalue weighted by molar-refractivity contribution is 6.01. The first-order valence-electron chi connectivity index (χ1n) is 12.0. The Balaban J connectivity index is 1.45. The Kier molecular flexibility index (Phi) is 6.31. The quantitative estimate of drug-likeness (QED) is 0.547. The van der Waals surface area contributed by atoms with Gasteiger partial charge in [0.15, 0.2) is 5.78 Å². The van der Waals surface area contributed by atoms with E-state index in [9.17, 15) is 9.59 Å². The van der Waals surface area contributed by atoms with Crippen LogP contribution in [0.4, 0.5) is 17.1 Å². The summed E-state index contributed by atoms with van der Waals surface area (Å²) in [5.74, 6) is 0.623. The van der Waals surface area contributed by atoms with E-state index in [0.717, 1.165) is 41.2 Å². The molecule has 0 saturated carbocycles. The van der Waals surface area contributed by atoms with E-state index in [1.165, 1.54) is 0 Å². The van der Waals surface area contributed by atoms with Crippen molar-refractivity contribution in [1.82, 2.24) is 5.32 Å². The fourth-order valence-electron chi connectivity index (χ4n) is 4.84. The number of rotatable bonds is 6. The van der Waals surface area contributed by atoms with Gasteiger partial charge in [-0.1, -0.05) is 24.3 Å². The number of amides is 1. The number of carbonyl (C=O) groups is 2. The zero-order valence-corrected chi connectivity index (χ0v) is 20.1. The van der Waals surface area contributed by atoms with Crippen LogP contribution in [0.5, 0.6) is 0 Å². The molecule has 5 rings (SSSR count). The zero-order valence-electron chi connectivity index (χ0n) is 20.1. The van der Waals surface area contributed by atoms with Crippen LogP contribution in [0.15, 0.2) is 82.6 Å². The molecule has 1 aliphatic heterocycles. The molecule has 1 amide bonds. The van der Waals surface area contributed by atoms with Crippen molar-refractivity contribution < 1.29 is 14.0 Å². The van der Waals surface area contributed by atoms with Crippen LogP contribution >= 0.6 is 0 Å². The topological polar surface area (TPSA) is 77.8 Å². The van der Waals surface area contributed by atoms with Crippen LogP contribution in [-0.4, -0.2) is 32.3 Å². The number of nitrogens with zero attached hydrogens (tertiary/aromatic N) is 2. The highest BCUT2D eigenvalue weighted by Crippen LogP contribution is 2.44. The number of hydrogen-bond acceptors (Lipinski definition) is 6. The third kappa shape index (κ3) is 4.67. The van der Waals surface area contributed by atoms with Gasteiger partial charge in [0, 0.05) is 44.0 Å². The standard InChI is InChI=1S/C28H30N4O3/c1-31(2)20-14-12-19(13-15-20)17-29-26(34)18-32-23-9-4-3-7-21(23)30-22-8-5-10-24(33)27(22)28(32)25-11-6-16-35-25/h3-4,6-7,9,11-16,28,30H,5,8,10,17-18H2,1-2H3,(H,29,34)/t28-/m1/s1. The molecule has 2 N–H and O–H groups in total. The summed E-state index contributed by atoms with van der Waals surface area (Å²) in [6, 6.07) is 19.2. The summed E-state index contributed by atoms with van der Waals surface area (Å²) in [6.45, 7) is 0.516. The van der Waals surface area contributed by atoms with Crippen molar-refractivity contribution in [2.45, 2.75) is 31.8 Å². The van der Waals surface area contributed by atoms with Gasteiger partial charge < -0.3 is 24.9 Å². The SMILES string of the molecule is CN(C)c1ccc(CNC(=O)CN2c3ccccc3NC3=C(C(=O)CCC3)[C@H]2c2ccco2)cc1. The predicted octanol–water partition coefficient (Wildman–Crippen LogP) is 4.64. The van der Waals surface area contributed by atoms with Gasteiger partial charge in [-0.05, 0) is 54.8 Å². The van der Waals surface area contributed by atoms with Gasteiger partial charge in [-0.3, -0.25) is 9.59 Å². The first-order chi connectivity index (χ1) is 17.0. The minimum Gasteiger partial charge on any atom is -0.467 e. The largest absolute Gasteiger partial charge is 0.467 e. The monoisotopic (exact) mass is 470 g/mol. The number of benzene rings is 2. The summed E-state index contributed by atoms with van der Waals surface area (Å²) < 4.78 is 5.82. The number of allylic oxidation sites excluding steroid dienone is 1. The molecule has 3 aromatic rings. The molecule has 0 bridgehead atoms. The Hall–Kier alpha value is -4.00. The maximum Gasteiger partial charge on any atom is 0.239 e. The Morgan fingerprint density at radius 1 is 1.09 bits per heavy atom. The maximum absolute atomic E-state index is 13.2. The lowest BCUT2D eigenvalue weighted by molar-refractivity contribution is -0.120. The van der Waals surface area contributed by atoms with Crippen LogP contribution in [0.3, 0.4) is 0 Å². The van der Waals surface area contributed by atoms with E-state index in [1.54, 1.807) is 6.26 Å². The molecule has 2 heterocycles. The molecular formula is C28H30N4O3. The second-order valence-corrected chi connectivity index (χ2v) is 9.19. The number of carbonyl (C=O) groups excluding carboxylic acids is 2. The molecule has 7 heteroatoms. The van der Waals surface area contributed by atoms with Crippen molar-refractivity contribution in [3.63, 3.8) is 0 Å². The van der Waals surface area contributed by atoms with Crippen molar-refractivity contribution in [3.05, 3.63) is 89.5 Å². The van der Waals surface area contributed by atoms with Crippen molar-refractivity contribution in [2.75, 3.05) is 35.8 Å². The fourth-order valence-corrected chi connectivity index (χ4v) is 4.84. The summed E-state index contributed by atoms with van der Waals surface area (Å²) in [5.41, 5.74) is 5.49. The van der Waals surface area contributed by atoms with Gasteiger partial charge in [-0.2, -0.15) is 0 Å². The first kappa shape index (κ1) is 22.8. The first-order valence-corrected chi connectivity index (χ1v) is 12.0. The van der Waals surface area contributed by atoms with Crippen LogP contribution in [0, 0.1) is 0 Å². The van der Waals surface area contributed by atoms with E-state index in [2.05, 4.69) is 10.6 Å². The molecule has 180 valence electrons. The molecule has 7 nitrogen and oxygen atoms in total. The maximum atomic E-state index is 13.2. The highest BCUT2D eigenvalue weighted by atomic mass is 16.3. The molecule has 1 aromatic heterocycles. The molecule has 0 fully saturated rings. The Morgan fingerprint density at radius 2 is 1.89 bits per heavy atom. The van der Waals surface area contributed by atoms with Crippen LogP contribution in [0.2, 0.25) is 0 Å². The number of ketones is 1. The molecule has 0 spiro atoms. The lowest BCUT2D eigenvalue weighted by atomic mass is 9.88. The zero-order chi connectivity index (χ0) is 24.4. The number of fused-ring (bicyclic) bond motifs is 1. The average molecular weight is 471 g/mol. The summed E-state index contributed by atoms with van der Waals surface area (Å²) in [7, 11) is 4.00. The molecule has 2 aromatic carbocycles. The van der Waals surface area contributed by atoms with E-state index >= 15 is 0 Å². The van der Waals surface area contributed by atoms with E-state index in [0.29, 0.717) is 24.3 Å². The smallest absolute Gasteiger partial charge is 0.239 e. The summed E-state index contributed by atoms with van der Waals surface area (Å²) in [6.07, 6.45) is 3.71. The van der Waals surface area contributed by atoms with E-state index in [1.807, 2.05) is 84.6 Å². The lowest BCUT2D eigenvalue weighted by Gasteiger charge is -2.33. The average Bonchev–Trinajstić information content (AvgIpc) is 3.34. The third-order valence-electron chi connectivity index (χ3n) is 6.61. The van der Waals surface area contributed by atoms with Gasteiger partial charge in [0.25, 0.3) is 0 Å². The Labute approximate surface area is 205 Å². The molecule has 1 atom stereocenters. The van der Waals surface area contributed by atoms with Crippen LogP contribution in [0.1, 0.15) is 36.6 Å². The van der Waals surface area contributed by atoms with Crippen LogP contribution in [-0.2, 0) is 16.1 Å². The summed E-state index contributed by atoms with van der Waals surface area (Å²) in [5, 5.41) is 6.55. The number of para-hydroxylation sites is 2. The molecule has 0 radical (unpaired) electrons. The van der Waals surface area contributed by atoms with Crippen LogP contribution < -0.4 is 20.4 Å². The van der Waals surface area contributed by atoms with Crippen molar-refractivity contribution in [3.8, 4) is 0 Å². The number of anilines is 3. The normalized spacial score (nSPS) is 17.3. The van der Waals surface area contributed by atoms with Gasteiger partial charge in [0.1, 0.15) is 11.8 Å². The van der Waals surface area contributed by atoms with Gasteiger partial charge in [-0.15, -0.1) is 0 Å². The van der Waals surface area contributed by atoms with Crippen molar-refractivity contribution in [2.24, 2.45) is 0 Å². The predicted molar refractivity (Wildman–Crippen MR) is 137 cm³/mol.